The predicted octanol–water partition coefficient (Wildman–Crippen LogP) is 2.57. The van der Waals surface area contributed by atoms with Gasteiger partial charge in [0.1, 0.15) is 5.15 Å². The molecule has 5 heteroatoms. The lowest BCUT2D eigenvalue weighted by Gasteiger charge is -2.08. The minimum absolute atomic E-state index is 0.166. The van der Waals surface area contributed by atoms with Gasteiger partial charge in [0.25, 0.3) is 5.91 Å². The topological polar surface area (TPSA) is 68.0 Å². The van der Waals surface area contributed by atoms with E-state index in [1.807, 2.05) is 0 Å². The van der Waals surface area contributed by atoms with Gasteiger partial charge in [-0.05, 0) is 24.3 Å². The van der Waals surface area contributed by atoms with Crippen LogP contribution in [0.4, 0.5) is 11.4 Å². The molecule has 1 aromatic heterocycles. The first kappa shape index (κ1) is 11.4. The summed E-state index contributed by atoms with van der Waals surface area (Å²) < 4.78 is 0. The molecule has 0 saturated carbocycles. The average molecular weight is 248 g/mol. The van der Waals surface area contributed by atoms with E-state index >= 15 is 0 Å². The molecule has 0 fully saturated rings. The minimum atomic E-state index is -0.332. The Bertz CT molecular complexity index is 557. The standard InChI is InChI=1S/C12H10ClN3O/c13-11-8(4-3-7-15-11)12(17)16-10-6-2-1-5-9(10)14/h1-7H,14H2,(H,16,17). The summed E-state index contributed by atoms with van der Waals surface area (Å²) in [4.78, 5) is 15.7. The Morgan fingerprint density at radius 3 is 2.71 bits per heavy atom. The van der Waals surface area contributed by atoms with Crippen molar-refractivity contribution < 1.29 is 4.79 Å². The van der Waals surface area contributed by atoms with Crippen LogP contribution in [0.25, 0.3) is 0 Å². The van der Waals surface area contributed by atoms with Crippen LogP contribution < -0.4 is 11.1 Å². The molecule has 2 rings (SSSR count). The highest BCUT2D eigenvalue weighted by atomic mass is 35.5. The summed E-state index contributed by atoms with van der Waals surface area (Å²) in [6.45, 7) is 0. The number of hydrogen-bond acceptors (Lipinski definition) is 3. The van der Waals surface area contributed by atoms with Crippen LogP contribution in [0, 0.1) is 0 Å². The molecule has 0 atom stereocenters. The maximum absolute atomic E-state index is 11.9. The Kier molecular flexibility index (Phi) is 3.25. The van der Waals surface area contributed by atoms with Gasteiger partial charge in [0.15, 0.2) is 0 Å². The fourth-order valence-corrected chi connectivity index (χ4v) is 1.56. The molecule has 17 heavy (non-hydrogen) atoms. The molecule has 0 aliphatic heterocycles. The van der Waals surface area contributed by atoms with E-state index in [4.69, 9.17) is 17.3 Å². The fourth-order valence-electron chi connectivity index (χ4n) is 1.36. The van der Waals surface area contributed by atoms with Gasteiger partial charge in [0.2, 0.25) is 0 Å². The largest absolute Gasteiger partial charge is 0.397 e. The van der Waals surface area contributed by atoms with E-state index in [1.54, 1.807) is 36.4 Å². The Balaban J connectivity index is 2.24. The molecule has 1 heterocycles. The lowest BCUT2D eigenvalue weighted by Crippen LogP contribution is -2.13. The molecule has 0 aliphatic rings. The first-order valence-electron chi connectivity index (χ1n) is 4.95. The highest BCUT2D eigenvalue weighted by molar-refractivity contribution is 6.33. The van der Waals surface area contributed by atoms with Crippen molar-refractivity contribution in [1.82, 2.24) is 4.98 Å². The van der Waals surface area contributed by atoms with E-state index in [2.05, 4.69) is 10.3 Å². The first-order valence-corrected chi connectivity index (χ1v) is 5.32. The summed E-state index contributed by atoms with van der Waals surface area (Å²) in [6.07, 6.45) is 1.52. The van der Waals surface area contributed by atoms with E-state index in [-0.39, 0.29) is 11.1 Å². The summed E-state index contributed by atoms with van der Waals surface area (Å²) in [5, 5.41) is 2.85. The number of nitrogens with zero attached hydrogens (tertiary/aromatic N) is 1. The Morgan fingerprint density at radius 2 is 2.00 bits per heavy atom. The number of hydrogen-bond donors (Lipinski definition) is 2. The van der Waals surface area contributed by atoms with Crippen LogP contribution in [0.3, 0.4) is 0 Å². The molecule has 0 bridgehead atoms. The van der Waals surface area contributed by atoms with Gasteiger partial charge in [0, 0.05) is 6.20 Å². The van der Waals surface area contributed by atoms with Crippen LogP contribution in [0.1, 0.15) is 10.4 Å². The predicted molar refractivity (Wildman–Crippen MR) is 68.1 cm³/mol. The van der Waals surface area contributed by atoms with Crippen LogP contribution >= 0.6 is 11.6 Å². The van der Waals surface area contributed by atoms with Crippen LogP contribution in [0.2, 0.25) is 5.15 Å². The number of nitrogens with two attached hydrogens (primary N) is 1. The zero-order valence-corrected chi connectivity index (χ0v) is 9.61. The Hall–Kier alpha value is -2.07. The third-order valence-electron chi connectivity index (χ3n) is 2.21. The SMILES string of the molecule is Nc1ccccc1NC(=O)c1cccnc1Cl. The quantitative estimate of drug-likeness (QED) is 0.633. The van der Waals surface area contributed by atoms with Crippen LogP contribution in [0.15, 0.2) is 42.6 Å². The number of halogens is 1. The molecule has 1 aromatic carbocycles. The van der Waals surface area contributed by atoms with Crippen molar-refractivity contribution in [2.24, 2.45) is 0 Å². The third-order valence-corrected chi connectivity index (χ3v) is 2.51. The maximum atomic E-state index is 11.9. The van der Waals surface area contributed by atoms with Crippen LogP contribution in [0.5, 0.6) is 0 Å². The number of para-hydroxylation sites is 2. The molecule has 0 aliphatic carbocycles. The molecule has 0 spiro atoms. The summed E-state index contributed by atoms with van der Waals surface area (Å²) in [5.74, 6) is -0.332. The second kappa shape index (κ2) is 4.84. The molecule has 4 nitrogen and oxygen atoms in total. The number of pyridine rings is 1. The van der Waals surface area contributed by atoms with Gasteiger partial charge in [-0.2, -0.15) is 0 Å². The van der Waals surface area contributed by atoms with E-state index in [9.17, 15) is 4.79 Å². The average Bonchev–Trinajstić information content (AvgIpc) is 2.32. The van der Waals surface area contributed by atoms with E-state index in [0.29, 0.717) is 16.9 Å². The number of nitrogen functional groups attached to an aromatic ring is 1. The Morgan fingerprint density at radius 1 is 1.24 bits per heavy atom. The molecule has 1 amide bonds. The first-order chi connectivity index (χ1) is 8.18. The number of amides is 1. The number of nitrogens with one attached hydrogen (secondary N) is 1. The molecule has 0 unspecified atom stereocenters. The normalized spacial score (nSPS) is 9.94. The third kappa shape index (κ3) is 2.54. The number of anilines is 2. The highest BCUT2D eigenvalue weighted by Crippen LogP contribution is 2.19. The molecular weight excluding hydrogens is 238 g/mol. The molecule has 2 aromatic rings. The van der Waals surface area contributed by atoms with Gasteiger partial charge < -0.3 is 11.1 Å². The van der Waals surface area contributed by atoms with Crippen molar-refractivity contribution in [2.75, 3.05) is 11.1 Å². The Labute approximate surface area is 103 Å². The van der Waals surface area contributed by atoms with Crippen LogP contribution in [-0.4, -0.2) is 10.9 Å². The summed E-state index contributed by atoms with van der Waals surface area (Å²) in [5.41, 5.74) is 7.09. The van der Waals surface area contributed by atoms with Crippen molar-refractivity contribution in [3.8, 4) is 0 Å². The van der Waals surface area contributed by atoms with Gasteiger partial charge in [-0.15, -0.1) is 0 Å². The number of rotatable bonds is 2. The van der Waals surface area contributed by atoms with E-state index in [0.717, 1.165) is 0 Å². The smallest absolute Gasteiger partial charge is 0.258 e. The van der Waals surface area contributed by atoms with E-state index in [1.165, 1.54) is 6.20 Å². The van der Waals surface area contributed by atoms with Gasteiger partial charge in [-0.25, -0.2) is 4.98 Å². The minimum Gasteiger partial charge on any atom is -0.397 e. The van der Waals surface area contributed by atoms with Crippen molar-refractivity contribution >= 4 is 28.9 Å². The molecule has 3 N–H and O–H groups in total. The number of carbonyl (C=O) groups excluding carboxylic acids is 1. The lowest BCUT2D eigenvalue weighted by atomic mass is 10.2. The molecule has 86 valence electrons. The van der Waals surface area contributed by atoms with Gasteiger partial charge in [0.05, 0.1) is 16.9 Å². The highest BCUT2D eigenvalue weighted by Gasteiger charge is 2.11. The molecular formula is C12H10ClN3O. The fraction of sp³-hybridized carbons (Fsp3) is 0. The second-order valence-electron chi connectivity index (χ2n) is 3.38. The molecule has 0 saturated heterocycles. The summed E-state index contributed by atoms with van der Waals surface area (Å²) in [6, 6.07) is 10.3. The molecule has 0 radical (unpaired) electrons. The van der Waals surface area contributed by atoms with Gasteiger partial charge in [-0.3, -0.25) is 4.79 Å². The van der Waals surface area contributed by atoms with Crippen LogP contribution in [-0.2, 0) is 0 Å². The zero-order valence-electron chi connectivity index (χ0n) is 8.85. The summed E-state index contributed by atoms with van der Waals surface area (Å²) in [7, 11) is 0. The van der Waals surface area contributed by atoms with Crippen molar-refractivity contribution in [3.63, 3.8) is 0 Å². The zero-order chi connectivity index (χ0) is 12.3. The van der Waals surface area contributed by atoms with Crippen molar-refractivity contribution in [1.29, 1.82) is 0 Å². The lowest BCUT2D eigenvalue weighted by molar-refractivity contribution is 0.102. The monoisotopic (exact) mass is 247 g/mol. The van der Waals surface area contributed by atoms with E-state index < -0.39 is 0 Å². The van der Waals surface area contributed by atoms with Crippen molar-refractivity contribution in [3.05, 3.63) is 53.3 Å². The number of carbonyl (C=O) groups is 1. The number of benzene rings is 1. The maximum Gasteiger partial charge on any atom is 0.258 e. The van der Waals surface area contributed by atoms with Gasteiger partial charge >= 0.3 is 0 Å². The van der Waals surface area contributed by atoms with Crippen molar-refractivity contribution in [2.45, 2.75) is 0 Å². The number of aromatic nitrogens is 1. The second-order valence-corrected chi connectivity index (χ2v) is 3.74. The summed E-state index contributed by atoms with van der Waals surface area (Å²) >= 11 is 5.82. The van der Waals surface area contributed by atoms with Gasteiger partial charge in [-0.1, -0.05) is 23.7 Å².